The molecule has 0 saturated carbocycles. The Morgan fingerprint density at radius 2 is 1.72 bits per heavy atom. The van der Waals surface area contributed by atoms with Gasteiger partial charge >= 0.3 is 0 Å². The first-order valence-corrected chi connectivity index (χ1v) is 13.3. The summed E-state index contributed by atoms with van der Waals surface area (Å²) >= 11 is 0. The highest BCUT2D eigenvalue weighted by Gasteiger charge is 2.20. The van der Waals surface area contributed by atoms with Gasteiger partial charge in [-0.25, -0.2) is 15.0 Å². The van der Waals surface area contributed by atoms with Crippen LogP contribution in [0.4, 0.5) is 17.5 Å². The van der Waals surface area contributed by atoms with E-state index in [9.17, 15) is 4.79 Å². The van der Waals surface area contributed by atoms with Crippen molar-refractivity contribution in [2.75, 3.05) is 41.7 Å². The maximum absolute atomic E-state index is 13.1. The van der Waals surface area contributed by atoms with Crippen LogP contribution in [0.15, 0.2) is 55.2 Å². The number of carbonyl (C=O) groups is 1. The van der Waals surface area contributed by atoms with Gasteiger partial charge in [0.15, 0.2) is 0 Å². The van der Waals surface area contributed by atoms with E-state index in [0.717, 1.165) is 48.5 Å². The van der Waals surface area contributed by atoms with Crippen LogP contribution >= 0.6 is 0 Å². The van der Waals surface area contributed by atoms with Gasteiger partial charge < -0.3 is 15.5 Å². The van der Waals surface area contributed by atoms with Gasteiger partial charge in [-0.1, -0.05) is 0 Å². The molecule has 0 aliphatic carbocycles. The summed E-state index contributed by atoms with van der Waals surface area (Å²) in [5, 5.41) is 7.11. The van der Waals surface area contributed by atoms with Crippen LogP contribution in [-0.4, -0.2) is 73.5 Å². The molecule has 0 aromatic carbocycles. The van der Waals surface area contributed by atoms with Crippen molar-refractivity contribution in [1.82, 2.24) is 29.8 Å². The summed E-state index contributed by atoms with van der Waals surface area (Å²) in [6.45, 7) is 14.4. The van der Waals surface area contributed by atoms with Crippen LogP contribution in [0.5, 0.6) is 0 Å². The number of rotatable bonds is 6. The predicted molar refractivity (Wildman–Crippen MR) is 155 cm³/mol. The molecule has 1 amide bonds. The highest BCUT2D eigenvalue weighted by Crippen LogP contribution is 2.24. The largest absolute Gasteiger partial charge is 0.364 e. The molecule has 202 valence electrons. The Morgan fingerprint density at radius 3 is 2.46 bits per heavy atom. The Kier molecular flexibility index (Phi) is 7.38. The molecule has 5 heterocycles. The summed E-state index contributed by atoms with van der Waals surface area (Å²) in [5.41, 5.74) is 2.66. The molecule has 0 spiro atoms. The van der Waals surface area contributed by atoms with Crippen LogP contribution in [0.25, 0.3) is 22.2 Å². The quantitative estimate of drug-likeness (QED) is 0.376. The molecule has 1 fully saturated rings. The molecule has 4 aromatic rings. The van der Waals surface area contributed by atoms with E-state index in [4.69, 9.17) is 4.98 Å². The van der Waals surface area contributed by atoms with Crippen LogP contribution in [-0.2, 0) is 0 Å². The zero-order valence-electron chi connectivity index (χ0n) is 23.1. The monoisotopic (exact) mass is 525 g/mol. The number of carbonyl (C=O) groups excluding carboxylic acids is 1. The maximum Gasteiger partial charge on any atom is 0.257 e. The zero-order valence-corrected chi connectivity index (χ0v) is 23.1. The van der Waals surface area contributed by atoms with Crippen LogP contribution in [0.3, 0.4) is 0 Å². The van der Waals surface area contributed by atoms with Crippen molar-refractivity contribution in [3.05, 3.63) is 60.8 Å². The molecule has 1 aliphatic heterocycles. The van der Waals surface area contributed by atoms with E-state index >= 15 is 0 Å². The summed E-state index contributed by atoms with van der Waals surface area (Å²) in [7, 11) is 0. The Morgan fingerprint density at radius 1 is 0.923 bits per heavy atom. The summed E-state index contributed by atoms with van der Waals surface area (Å²) in [6, 6.07) is 7.90. The molecule has 5 rings (SSSR count). The Bertz CT molecular complexity index is 1470. The number of fused-ring (bicyclic) bond motifs is 1. The molecule has 10 nitrogen and oxygen atoms in total. The van der Waals surface area contributed by atoms with Crippen molar-refractivity contribution in [1.29, 1.82) is 0 Å². The lowest BCUT2D eigenvalue weighted by Crippen LogP contribution is -2.49. The van der Waals surface area contributed by atoms with Gasteiger partial charge in [0, 0.05) is 66.7 Å². The highest BCUT2D eigenvalue weighted by atomic mass is 16.1. The molecule has 39 heavy (non-hydrogen) atoms. The number of hydrogen-bond donors (Lipinski definition) is 2. The first-order valence-electron chi connectivity index (χ1n) is 13.3. The molecule has 10 heteroatoms. The van der Waals surface area contributed by atoms with Crippen LogP contribution in [0.2, 0.25) is 0 Å². The lowest BCUT2D eigenvalue weighted by molar-refractivity contribution is 0.102. The third-order valence-corrected chi connectivity index (χ3v) is 6.62. The Balaban J connectivity index is 1.32. The summed E-state index contributed by atoms with van der Waals surface area (Å²) in [6.07, 6.45) is 8.52. The number of piperazine rings is 1. The van der Waals surface area contributed by atoms with Crippen molar-refractivity contribution < 1.29 is 4.79 Å². The summed E-state index contributed by atoms with van der Waals surface area (Å²) < 4.78 is 0. The SMILES string of the molecule is CC(C)N1CCN(c2cc(C(=O)Nc3cc4cc(-c5cncc(NC(C)(C)C)n5)cnc4cn3)ccn2)CC1. The van der Waals surface area contributed by atoms with Gasteiger partial charge in [0.25, 0.3) is 5.91 Å². The zero-order chi connectivity index (χ0) is 27.6. The molecule has 2 N–H and O–H groups in total. The predicted octanol–water partition coefficient (Wildman–Crippen LogP) is 4.47. The van der Waals surface area contributed by atoms with E-state index in [-0.39, 0.29) is 11.4 Å². The van der Waals surface area contributed by atoms with Gasteiger partial charge in [0.2, 0.25) is 0 Å². The fourth-order valence-electron chi connectivity index (χ4n) is 4.58. The minimum absolute atomic E-state index is 0.133. The molecule has 0 bridgehead atoms. The minimum Gasteiger partial charge on any atom is -0.364 e. The molecular weight excluding hydrogens is 490 g/mol. The fourth-order valence-corrected chi connectivity index (χ4v) is 4.58. The van der Waals surface area contributed by atoms with Crippen molar-refractivity contribution in [2.24, 2.45) is 0 Å². The fraction of sp³-hybridized carbons (Fsp3) is 0.379. The molecule has 1 saturated heterocycles. The average molecular weight is 526 g/mol. The van der Waals surface area contributed by atoms with Crippen molar-refractivity contribution in [2.45, 2.75) is 46.2 Å². The lowest BCUT2D eigenvalue weighted by Gasteiger charge is -2.37. The van der Waals surface area contributed by atoms with Crippen molar-refractivity contribution in [3.8, 4) is 11.3 Å². The van der Waals surface area contributed by atoms with Gasteiger partial charge in [0.05, 0.1) is 29.8 Å². The second-order valence-electron chi connectivity index (χ2n) is 11.1. The minimum atomic E-state index is -0.234. The molecular formula is C29H35N9O. The second-order valence-corrected chi connectivity index (χ2v) is 11.1. The van der Waals surface area contributed by atoms with Crippen molar-refractivity contribution >= 4 is 34.3 Å². The van der Waals surface area contributed by atoms with E-state index in [0.29, 0.717) is 28.9 Å². The van der Waals surface area contributed by atoms with Gasteiger partial charge in [-0.2, -0.15) is 0 Å². The van der Waals surface area contributed by atoms with E-state index in [1.54, 1.807) is 37.1 Å². The first kappa shape index (κ1) is 26.4. The topological polar surface area (TPSA) is 112 Å². The molecule has 0 unspecified atom stereocenters. The normalized spacial score (nSPS) is 14.6. The Hall–Kier alpha value is -4.18. The Labute approximate surface area is 228 Å². The van der Waals surface area contributed by atoms with Gasteiger partial charge in [0.1, 0.15) is 17.5 Å². The second kappa shape index (κ2) is 10.9. The van der Waals surface area contributed by atoms with Gasteiger partial charge in [-0.05, 0) is 58.9 Å². The number of hydrogen-bond acceptors (Lipinski definition) is 9. The van der Waals surface area contributed by atoms with E-state index in [1.165, 1.54) is 0 Å². The molecule has 0 radical (unpaired) electrons. The van der Waals surface area contributed by atoms with Gasteiger partial charge in [-0.3, -0.25) is 19.7 Å². The highest BCUT2D eigenvalue weighted by molar-refractivity contribution is 6.04. The van der Waals surface area contributed by atoms with Crippen LogP contribution < -0.4 is 15.5 Å². The number of amides is 1. The molecule has 1 aliphatic rings. The van der Waals surface area contributed by atoms with E-state index < -0.39 is 0 Å². The smallest absolute Gasteiger partial charge is 0.257 e. The number of nitrogens with zero attached hydrogens (tertiary/aromatic N) is 7. The third-order valence-electron chi connectivity index (χ3n) is 6.62. The number of nitrogens with one attached hydrogen (secondary N) is 2. The lowest BCUT2D eigenvalue weighted by atomic mass is 10.1. The number of aromatic nitrogens is 5. The standard InChI is InChI=1S/C29H35N9O/c1-19(2)37-8-10-38(11-9-37)27-14-20(6-7-31-27)28(39)35-25-13-21-12-22(15-32-23(21)17-33-25)24-16-30-18-26(34-24)36-29(3,4)5/h6-7,12-19H,8-11H2,1-5H3,(H,34,36)(H,33,35,39). The molecule has 4 aromatic heterocycles. The number of anilines is 3. The summed E-state index contributed by atoms with van der Waals surface area (Å²) in [4.78, 5) is 40.3. The van der Waals surface area contributed by atoms with Gasteiger partial charge in [-0.15, -0.1) is 0 Å². The average Bonchev–Trinajstić information content (AvgIpc) is 2.92. The first-order chi connectivity index (χ1) is 18.6. The van der Waals surface area contributed by atoms with E-state index in [1.807, 2.05) is 18.2 Å². The maximum atomic E-state index is 13.1. The van der Waals surface area contributed by atoms with Crippen molar-refractivity contribution in [3.63, 3.8) is 0 Å². The number of pyridine rings is 3. The third kappa shape index (κ3) is 6.46. The molecule has 0 atom stereocenters. The van der Waals surface area contributed by atoms with Crippen LogP contribution in [0.1, 0.15) is 45.0 Å². The van der Waals surface area contributed by atoms with E-state index in [2.05, 4.69) is 75.0 Å². The summed E-state index contributed by atoms with van der Waals surface area (Å²) in [5.74, 6) is 1.73. The van der Waals surface area contributed by atoms with Crippen LogP contribution in [0, 0.1) is 0 Å².